The molecule has 1 spiro atoms. The third-order valence-corrected chi connectivity index (χ3v) is 6.73. The second kappa shape index (κ2) is 6.79. The summed E-state index contributed by atoms with van der Waals surface area (Å²) in [5.41, 5.74) is 2.19. The predicted octanol–water partition coefficient (Wildman–Crippen LogP) is 4.99. The molecule has 1 saturated carbocycles. The maximum atomic E-state index is 13.3. The monoisotopic (exact) mass is 363 g/mol. The number of hydrogen-bond acceptors (Lipinski definition) is 2. The van der Waals surface area contributed by atoms with Crippen molar-refractivity contribution >= 4 is 11.6 Å². The molecule has 0 unspecified atom stereocenters. The molecule has 1 saturated heterocycles. The van der Waals surface area contributed by atoms with E-state index in [1.54, 1.807) is 0 Å². The summed E-state index contributed by atoms with van der Waals surface area (Å²) >= 11 is 0. The van der Waals surface area contributed by atoms with Gasteiger partial charge in [0.2, 0.25) is 5.91 Å². The summed E-state index contributed by atoms with van der Waals surface area (Å²) in [5.74, 6) is 0.739. The molecule has 1 aliphatic heterocycles. The minimum atomic E-state index is -0.793. The maximum absolute atomic E-state index is 13.3. The Labute approximate surface area is 162 Å². The van der Waals surface area contributed by atoms with Crippen molar-refractivity contribution in [3.8, 4) is 0 Å². The molecule has 0 aromatic heterocycles. The highest BCUT2D eigenvalue weighted by molar-refractivity contribution is 6.00. The Morgan fingerprint density at radius 1 is 0.889 bits per heavy atom. The lowest BCUT2D eigenvalue weighted by Gasteiger charge is -2.41. The number of aliphatic hydroxyl groups is 1. The van der Waals surface area contributed by atoms with Gasteiger partial charge in [-0.1, -0.05) is 56.3 Å². The Bertz CT molecular complexity index is 802. The molecule has 27 heavy (non-hydrogen) atoms. The number of hydrogen-bond donors (Lipinski definition) is 1. The lowest BCUT2D eigenvalue weighted by atomic mass is 9.66. The largest absolute Gasteiger partial charge is 0.385 e. The topological polar surface area (TPSA) is 40.5 Å². The molecule has 0 radical (unpaired) electrons. The zero-order valence-electron chi connectivity index (χ0n) is 16.3. The van der Waals surface area contributed by atoms with Crippen molar-refractivity contribution in [3.05, 3.63) is 65.7 Å². The van der Waals surface area contributed by atoms with E-state index < -0.39 is 5.60 Å². The molecule has 1 heterocycles. The van der Waals surface area contributed by atoms with Crippen molar-refractivity contribution in [1.82, 2.24) is 0 Å². The number of rotatable bonds is 3. The van der Waals surface area contributed by atoms with E-state index in [4.69, 9.17) is 0 Å². The first-order chi connectivity index (χ1) is 12.9. The summed E-state index contributed by atoms with van der Waals surface area (Å²) in [6.45, 7) is 5.14. The fourth-order valence-electron chi connectivity index (χ4n) is 4.75. The molecular formula is C24H29NO2. The number of benzene rings is 2. The van der Waals surface area contributed by atoms with Gasteiger partial charge >= 0.3 is 0 Å². The highest BCUT2D eigenvalue weighted by atomic mass is 16.3. The highest BCUT2D eigenvalue weighted by Gasteiger charge is 2.51. The Kier molecular flexibility index (Phi) is 4.59. The minimum absolute atomic E-state index is 0.245. The van der Waals surface area contributed by atoms with Gasteiger partial charge in [0.05, 0.1) is 11.0 Å². The van der Waals surface area contributed by atoms with Crippen LogP contribution in [0.15, 0.2) is 54.6 Å². The van der Waals surface area contributed by atoms with Crippen molar-refractivity contribution in [1.29, 1.82) is 0 Å². The Balaban J connectivity index is 1.49. The number of nitrogens with zero attached hydrogens (tertiary/aromatic N) is 1. The number of amides is 1. The molecule has 2 fully saturated rings. The van der Waals surface area contributed by atoms with Crippen LogP contribution in [0.3, 0.4) is 0 Å². The van der Waals surface area contributed by atoms with E-state index in [2.05, 4.69) is 38.1 Å². The summed E-state index contributed by atoms with van der Waals surface area (Å²) in [4.78, 5) is 15.2. The van der Waals surface area contributed by atoms with Crippen LogP contribution >= 0.6 is 0 Å². The van der Waals surface area contributed by atoms with Gasteiger partial charge in [0.15, 0.2) is 0 Å². The molecule has 2 aliphatic rings. The number of carbonyl (C=O) groups excluding carboxylic acids is 1. The van der Waals surface area contributed by atoms with Gasteiger partial charge in [-0.05, 0) is 61.3 Å². The van der Waals surface area contributed by atoms with E-state index in [0.717, 1.165) is 37.1 Å². The van der Waals surface area contributed by atoms with Crippen molar-refractivity contribution < 1.29 is 9.90 Å². The summed E-state index contributed by atoms with van der Waals surface area (Å²) < 4.78 is 0. The van der Waals surface area contributed by atoms with Crippen LogP contribution < -0.4 is 4.90 Å². The predicted molar refractivity (Wildman–Crippen MR) is 109 cm³/mol. The van der Waals surface area contributed by atoms with Gasteiger partial charge in [0.25, 0.3) is 0 Å². The normalized spacial score (nSPS) is 28.3. The van der Waals surface area contributed by atoms with Crippen LogP contribution in [0.25, 0.3) is 0 Å². The molecular weight excluding hydrogens is 334 g/mol. The third-order valence-electron chi connectivity index (χ3n) is 6.73. The average Bonchev–Trinajstić information content (AvgIpc) is 3.01. The first-order valence-corrected chi connectivity index (χ1v) is 10.1. The van der Waals surface area contributed by atoms with E-state index in [1.807, 2.05) is 35.2 Å². The molecule has 0 atom stereocenters. The standard InChI is InChI=1S/C24H29NO2/c1-18(2)19-8-10-21(11-9-19)25-17-16-23(22(25)26)12-14-24(27,15-13-23)20-6-4-3-5-7-20/h3-11,18,27H,12-17H2,1-2H3/t23-,24+. The summed E-state index contributed by atoms with van der Waals surface area (Å²) in [5, 5.41) is 11.1. The lowest BCUT2D eigenvalue weighted by Crippen LogP contribution is -2.42. The SMILES string of the molecule is CC(C)c1ccc(N2CC[C@]3(CC[C@@](O)(c4ccccc4)CC3)C2=O)cc1. The third kappa shape index (κ3) is 3.19. The van der Waals surface area contributed by atoms with E-state index in [1.165, 1.54) is 5.56 Å². The van der Waals surface area contributed by atoms with Crippen LogP contribution in [0.1, 0.15) is 63.0 Å². The zero-order chi connectivity index (χ0) is 19.1. The summed E-state index contributed by atoms with van der Waals surface area (Å²) in [6, 6.07) is 18.3. The Morgan fingerprint density at radius 3 is 2.11 bits per heavy atom. The van der Waals surface area contributed by atoms with Crippen LogP contribution in [0.5, 0.6) is 0 Å². The lowest BCUT2D eigenvalue weighted by molar-refractivity contribution is -0.131. The van der Waals surface area contributed by atoms with Crippen LogP contribution in [0, 0.1) is 5.41 Å². The first kappa shape index (κ1) is 18.2. The van der Waals surface area contributed by atoms with Crippen molar-refractivity contribution in [2.45, 2.75) is 57.5 Å². The van der Waals surface area contributed by atoms with Crippen LogP contribution in [-0.4, -0.2) is 17.6 Å². The highest BCUT2D eigenvalue weighted by Crippen LogP contribution is 2.51. The van der Waals surface area contributed by atoms with Crippen LogP contribution in [-0.2, 0) is 10.4 Å². The van der Waals surface area contributed by atoms with Crippen molar-refractivity contribution in [2.75, 3.05) is 11.4 Å². The van der Waals surface area contributed by atoms with Gasteiger partial charge in [0, 0.05) is 12.2 Å². The molecule has 2 aromatic rings. The fraction of sp³-hybridized carbons (Fsp3) is 0.458. The van der Waals surface area contributed by atoms with Gasteiger partial charge in [-0.25, -0.2) is 0 Å². The maximum Gasteiger partial charge on any atom is 0.233 e. The molecule has 2 aromatic carbocycles. The Hall–Kier alpha value is -2.13. The molecule has 3 nitrogen and oxygen atoms in total. The van der Waals surface area contributed by atoms with E-state index in [-0.39, 0.29) is 11.3 Å². The van der Waals surface area contributed by atoms with Gasteiger partial charge in [-0.2, -0.15) is 0 Å². The van der Waals surface area contributed by atoms with E-state index >= 15 is 0 Å². The first-order valence-electron chi connectivity index (χ1n) is 10.1. The quantitative estimate of drug-likeness (QED) is 0.834. The number of carbonyl (C=O) groups is 1. The second-order valence-corrected chi connectivity index (χ2v) is 8.63. The molecule has 1 N–H and O–H groups in total. The molecule has 1 aliphatic carbocycles. The van der Waals surface area contributed by atoms with Gasteiger partial charge in [-0.3, -0.25) is 4.79 Å². The summed E-state index contributed by atoms with van der Waals surface area (Å²) in [7, 11) is 0. The van der Waals surface area contributed by atoms with Crippen molar-refractivity contribution in [3.63, 3.8) is 0 Å². The van der Waals surface area contributed by atoms with E-state index in [0.29, 0.717) is 18.8 Å². The minimum Gasteiger partial charge on any atom is -0.385 e. The van der Waals surface area contributed by atoms with Crippen molar-refractivity contribution in [2.24, 2.45) is 5.41 Å². The molecule has 1 amide bonds. The zero-order valence-corrected chi connectivity index (χ0v) is 16.3. The molecule has 142 valence electrons. The fourth-order valence-corrected chi connectivity index (χ4v) is 4.75. The summed E-state index contributed by atoms with van der Waals surface area (Å²) in [6.07, 6.45) is 3.73. The smallest absolute Gasteiger partial charge is 0.233 e. The molecule has 4 rings (SSSR count). The average molecular weight is 364 g/mol. The number of anilines is 1. The molecule has 3 heteroatoms. The van der Waals surface area contributed by atoms with Crippen LogP contribution in [0.2, 0.25) is 0 Å². The second-order valence-electron chi connectivity index (χ2n) is 8.63. The Morgan fingerprint density at radius 2 is 1.52 bits per heavy atom. The van der Waals surface area contributed by atoms with Gasteiger partial charge in [-0.15, -0.1) is 0 Å². The van der Waals surface area contributed by atoms with Crippen LogP contribution in [0.4, 0.5) is 5.69 Å². The van der Waals surface area contributed by atoms with E-state index in [9.17, 15) is 9.90 Å². The van der Waals surface area contributed by atoms with Gasteiger partial charge < -0.3 is 10.0 Å². The molecule has 0 bridgehead atoms. The van der Waals surface area contributed by atoms with Gasteiger partial charge in [0.1, 0.15) is 0 Å².